The summed E-state index contributed by atoms with van der Waals surface area (Å²) in [6.45, 7) is 3.92. The van der Waals surface area contributed by atoms with Crippen LogP contribution in [0.3, 0.4) is 0 Å². The van der Waals surface area contributed by atoms with Crippen LogP contribution in [0.4, 0.5) is 5.69 Å². The quantitative estimate of drug-likeness (QED) is 0.850. The van der Waals surface area contributed by atoms with E-state index in [0.29, 0.717) is 11.3 Å². The molecule has 5 heteroatoms. The van der Waals surface area contributed by atoms with E-state index in [4.69, 9.17) is 4.42 Å². The third-order valence-corrected chi connectivity index (χ3v) is 5.12. The molecule has 1 atom stereocenters. The van der Waals surface area contributed by atoms with Crippen LogP contribution in [0.25, 0.3) is 0 Å². The Balaban J connectivity index is 1.99. The molecule has 1 aromatic heterocycles. The molecule has 2 aromatic rings. The van der Waals surface area contributed by atoms with Gasteiger partial charge in [0.1, 0.15) is 5.76 Å². The number of benzene rings is 1. The van der Waals surface area contributed by atoms with Gasteiger partial charge in [-0.3, -0.25) is 0 Å². The zero-order valence-electron chi connectivity index (χ0n) is 12.4. The molecule has 21 heavy (non-hydrogen) atoms. The number of nitrogens with one attached hydrogen (secondary N) is 1. The van der Waals surface area contributed by atoms with Gasteiger partial charge in [-0.05, 0) is 49.7 Å². The molecule has 0 bridgehead atoms. The van der Waals surface area contributed by atoms with E-state index in [0.717, 1.165) is 17.9 Å². The summed E-state index contributed by atoms with van der Waals surface area (Å²) < 4.78 is 29.2. The third kappa shape index (κ3) is 4.36. The Bertz CT molecular complexity index is 645. The van der Waals surface area contributed by atoms with Crippen LogP contribution in [-0.4, -0.2) is 20.2 Å². The van der Waals surface area contributed by atoms with Gasteiger partial charge in [0.2, 0.25) is 0 Å². The molecule has 1 aromatic carbocycles. The van der Waals surface area contributed by atoms with E-state index in [2.05, 4.69) is 12.2 Å². The number of hydrogen-bond acceptors (Lipinski definition) is 4. The minimum Gasteiger partial charge on any atom is -0.469 e. The second-order valence-electron chi connectivity index (χ2n) is 5.17. The Kier molecular flexibility index (Phi) is 5.07. The first-order valence-electron chi connectivity index (χ1n) is 7.13. The van der Waals surface area contributed by atoms with Crippen molar-refractivity contribution in [2.24, 2.45) is 0 Å². The van der Waals surface area contributed by atoms with Crippen molar-refractivity contribution in [2.45, 2.75) is 37.6 Å². The Morgan fingerprint density at radius 1 is 1.19 bits per heavy atom. The Labute approximate surface area is 126 Å². The maximum absolute atomic E-state index is 11.9. The number of rotatable bonds is 7. The molecule has 4 nitrogen and oxygen atoms in total. The number of anilines is 1. The average molecular weight is 307 g/mol. The molecule has 1 N–H and O–H groups in total. The van der Waals surface area contributed by atoms with Gasteiger partial charge < -0.3 is 9.73 Å². The van der Waals surface area contributed by atoms with Crippen molar-refractivity contribution in [1.29, 1.82) is 0 Å². The summed E-state index contributed by atoms with van der Waals surface area (Å²) in [5.41, 5.74) is 0.907. The fraction of sp³-hybridized carbons (Fsp3) is 0.375. The lowest BCUT2D eigenvalue weighted by Gasteiger charge is -2.14. The van der Waals surface area contributed by atoms with Crippen molar-refractivity contribution in [3.63, 3.8) is 0 Å². The van der Waals surface area contributed by atoms with Gasteiger partial charge in [-0.25, -0.2) is 8.42 Å². The Hall–Kier alpha value is -1.75. The van der Waals surface area contributed by atoms with Gasteiger partial charge >= 0.3 is 0 Å². The van der Waals surface area contributed by atoms with Gasteiger partial charge in [-0.2, -0.15) is 0 Å². The summed E-state index contributed by atoms with van der Waals surface area (Å²) >= 11 is 0. The van der Waals surface area contributed by atoms with Crippen LogP contribution in [0.1, 0.15) is 26.0 Å². The second kappa shape index (κ2) is 6.80. The smallest absolute Gasteiger partial charge is 0.178 e. The number of furan rings is 1. The highest BCUT2D eigenvalue weighted by Crippen LogP contribution is 2.17. The van der Waals surface area contributed by atoms with E-state index < -0.39 is 9.84 Å². The molecular formula is C16H21NO3S. The van der Waals surface area contributed by atoms with E-state index in [-0.39, 0.29) is 11.8 Å². The SMILES string of the molecule is CCCS(=O)(=O)c1ccc(NC(C)Cc2ccco2)cc1. The summed E-state index contributed by atoms with van der Waals surface area (Å²) in [4.78, 5) is 0.383. The highest BCUT2D eigenvalue weighted by molar-refractivity contribution is 7.91. The van der Waals surface area contributed by atoms with Crippen LogP contribution in [0.15, 0.2) is 52.0 Å². The number of sulfone groups is 1. The lowest BCUT2D eigenvalue weighted by Crippen LogP contribution is -2.17. The highest BCUT2D eigenvalue weighted by atomic mass is 32.2. The third-order valence-electron chi connectivity index (χ3n) is 3.19. The molecule has 2 rings (SSSR count). The monoisotopic (exact) mass is 307 g/mol. The molecule has 1 unspecified atom stereocenters. The lowest BCUT2D eigenvalue weighted by molar-refractivity contribution is 0.498. The fourth-order valence-electron chi connectivity index (χ4n) is 2.21. The molecule has 0 saturated heterocycles. The van der Waals surface area contributed by atoms with Gasteiger partial charge in [0.15, 0.2) is 9.84 Å². The van der Waals surface area contributed by atoms with Crippen LogP contribution in [0.5, 0.6) is 0 Å². The summed E-state index contributed by atoms with van der Waals surface area (Å²) in [6, 6.07) is 10.9. The molecule has 1 heterocycles. The van der Waals surface area contributed by atoms with Crippen molar-refractivity contribution in [2.75, 3.05) is 11.1 Å². The minimum atomic E-state index is -3.14. The van der Waals surface area contributed by atoms with E-state index >= 15 is 0 Å². The molecule has 0 saturated carbocycles. The zero-order valence-corrected chi connectivity index (χ0v) is 13.2. The first kappa shape index (κ1) is 15.6. The van der Waals surface area contributed by atoms with Gasteiger partial charge in [0.05, 0.1) is 16.9 Å². The van der Waals surface area contributed by atoms with Crippen molar-refractivity contribution in [3.8, 4) is 0 Å². The minimum absolute atomic E-state index is 0.189. The molecule has 0 aliphatic carbocycles. The summed E-state index contributed by atoms with van der Waals surface area (Å²) in [7, 11) is -3.14. The molecule has 114 valence electrons. The molecule has 0 aliphatic rings. The summed E-state index contributed by atoms with van der Waals surface area (Å²) in [5, 5.41) is 3.34. The lowest BCUT2D eigenvalue weighted by atomic mass is 10.2. The van der Waals surface area contributed by atoms with Gasteiger partial charge in [0, 0.05) is 18.2 Å². The van der Waals surface area contributed by atoms with E-state index in [1.165, 1.54) is 0 Å². The van der Waals surface area contributed by atoms with Gasteiger partial charge in [-0.15, -0.1) is 0 Å². The van der Waals surface area contributed by atoms with Crippen molar-refractivity contribution < 1.29 is 12.8 Å². The topological polar surface area (TPSA) is 59.3 Å². The second-order valence-corrected chi connectivity index (χ2v) is 7.28. The van der Waals surface area contributed by atoms with E-state index in [9.17, 15) is 8.42 Å². The van der Waals surface area contributed by atoms with Crippen molar-refractivity contribution in [3.05, 3.63) is 48.4 Å². The zero-order chi connectivity index (χ0) is 15.3. The standard InChI is InChI=1S/C16H21NO3S/c1-3-11-21(18,19)16-8-6-14(7-9-16)17-13(2)12-15-5-4-10-20-15/h4-10,13,17H,3,11-12H2,1-2H3. The van der Waals surface area contributed by atoms with Gasteiger partial charge in [0.25, 0.3) is 0 Å². The molecule has 0 fully saturated rings. The first-order chi connectivity index (χ1) is 10.0. The van der Waals surface area contributed by atoms with Crippen LogP contribution in [0, 0.1) is 0 Å². The first-order valence-corrected chi connectivity index (χ1v) is 8.78. The predicted molar refractivity (Wildman–Crippen MR) is 84.3 cm³/mol. The van der Waals surface area contributed by atoms with E-state index in [1.807, 2.05) is 19.1 Å². The Morgan fingerprint density at radius 2 is 1.90 bits per heavy atom. The highest BCUT2D eigenvalue weighted by Gasteiger charge is 2.13. The molecule has 0 aliphatic heterocycles. The molecule has 0 amide bonds. The van der Waals surface area contributed by atoms with Crippen LogP contribution < -0.4 is 5.32 Å². The Morgan fingerprint density at radius 3 is 2.48 bits per heavy atom. The molecule has 0 spiro atoms. The normalized spacial score (nSPS) is 13.0. The van der Waals surface area contributed by atoms with Gasteiger partial charge in [-0.1, -0.05) is 6.92 Å². The number of hydrogen-bond donors (Lipinski definition) is 1. The maximum atomic E-state index is 11.9. The largest absolute Gasteiger partial charge is 0.469 e. The van der Waals surface area contributed by atoms with Crippen LogP contribution >= 0.6 is 0 Å². The maximum Gasteiger partial charge on any atom is 0.178 e. The van der Waals surface area contributed by atoms with Crippen LogP contribution in [-0.2, 0) is 16.3 Å². The van der Waals surface area contributed by atoms with Crippen molar-refractivity contribution in [1.82, 2.24) is 0 Å². The van der Waals surface area contributed by atoms with Crippen LogP contribution in [0.2, 0.25) is 0 Å². The summed E-state index contributed by atoms with van der Waals surface area (Å²) in [6.07, 6.45) is 3.07. The predicted octanol–water partition coefficient (Wildman–Crippen LogP) is 3.51. The van der Waals surface area contributed by atoms with E-state index in [1.54, 1.807) is 30.5 Å². The molecular weight excluding hydrogens is 286 g/mol. The molecule has 0 radical (unpaired) electrons. The summed E-state index contributed by atoms with van der Waals surface area (Å²) in [5.74, 6) is 1.12. The van der Waals surface area contributed by atoms with Crippen molar-refractivity contribution >= 4 is 15.5 Å². The fourth-order valence-corrected chi connectivity index (χ4v) is 3.54. The average Bonchev–Trinajstić information content (AvgIpc) is 2.92.